The molecule has 2 amide bonds. The number of esters is 2. The van der Waals surface area contributed by atoms with Crippen molar-refractivity contribution in [1.82, 2.24) is 4.90 Å². The van der Waals surface area contributed by atoms with E-state index >= 15 is 0 Å². The van der Waals surface area contributed by atoms with Gasteiger partial charge in [-0.1, -0.05) is 18.2 Å². The van der Waals surface area contributed by atoms with Gasteiger partial charge in [-0.3, -0.25) is 14.5 Å². The summed E-state index contributed by atoms with van der Waals surface area (Å²) in [5.74, 6) is -1.03. The van der Waals surface area contributed by atoms with Gasteiger partial charge < -0.3 is 13.9 Å². The molecule has 2 aromatic rings. The molecule has 0 radical (unpaired) electrons. The predicted molar refractivity (Wildman–Crippen MR) is 109 cm³/mol. The van der Waals surface area contributed by atoms with Crippen molar-refractivity contribution >= 4 is 40.9 Å². The van der Waals surface area contributed by atoms with Gasteiger partial charge in [0.1, 0.15) is 17.6 Å². The first-order valence-corrected chi connectivity index (χ1v) is 9.90. The molecule has 2 heterocycles. The number of carbonyl (C=O) groups is 4. The van der Waals surface area contributed by atoms with Crippen molar-refractivity contribution in [3.05, 3.63) is 52.6 Å². The molecule has 1 aromatic carbocycles. The lowest BCUT2D eigenvalue weighted by Crippen LogP contribution is -2.42. The van der Waals surface area contributed by atoms with Gasteiger partial charge in [-0.25, -0.2) is 9.59 Å². The number of furan rings is 1. The van der Waals surface area contributed by atoms with Crippen LogP contribution >= 0.6 is 11.8 Å². The average Bonchev–Trinajstić information content (AvgIpc) is 3.31. The standard InChI is InChI=1S/C21H19NO7S/c1-4-28-19(24)12(2)22-18(23)17(30-21(22)26)11-13-9-10-16(29-13)14-7-5-6-8-15(14)20(25)27-3/h5-12H,4H2,1-3H3/b17-11+/t12-/m0/s1. The highest BCUT2D eigenvalue weighted by Gasteiger charge is 2.41. The molecule has 156 valence electrons. The second-order valence-electron chi connectivity index (χ2n) is 6.22. The van der Waals surface area contributed by atoms with Crippen molar-refractivity contribution in [2.75, 3.05) is 13.7 Å². The summed E-state index contributed by atoms with van der Waals surface area (Å²) in [4.78, 5) is 49.8. The van der Waals surface area contributed by atoms with E-state index in [0.29, 0.717) is 34.4 Å². The third kappa shape index (κ3) is 4.16. The van der Waals surface area contributed by atoms with Gasteiger partial charge >= 0.3 is 11.9 Å². The van der Waals surface area contributed by atoms with Crippen molar-refractivity contribution < 1.29 is 33.1 Å². The number of ether oxygens (including phenoxy) is 2. The van der Waals surface area contributed by atoms with Crippen molar-refractivity contribution in [3.63, 3.8) is 0 Å². The Hall–Kier alpha value is -3.33. The van der Waals surface area contributed by atoms with E-state index in [-0.39, 0.29) is 11.5 Å². The van der Waals surface area contributed by atoms with Crippen LogP contribution in [-0.4, -0.2) is 47.7 Å². The number of hydrogen-bond donors (Lipinski definition) is 0. The molecule has 1 atom stereocenters. The largest absolute Gasteiger partial charge is 0.465 e. The van der Waals surface area contributed by atoms with Gasteiger partial charge in [-0.2, -0.15) is 0 Å². The summed E-state index contributed by atoms with van der Waals surface area (Å²) in [7, 11) is 1.29. The third-order valence-corrected chi connectivity index (χ3v) is 5.22. The number of nitrogens with zero attached hydrogens (tertiary/aromatic N) is 1. The van der Waals surface area contributed by atoms with Gasteiger partial charge in [-0.05, 0) is 43.8 Å². The predicted octanol–water partition coefficient (Wildman–Crippen LogP) is 3.72. The molecule has 1 saturated heterocycles. The smallest absolute Gasteiger partial charge is 0.338 e. The lowest BCUT2D eigenvalue weighted by atomic mass is 10.1. The van der Waals surface area contributed by atoms with E-state index < -0.39 is 29.1 Å². The monoisotopic (exact) mass is 429 g/mol. The van der Waals surface area contributed by atoms with Crippen molar-refractivity contribution in [2.45, 2.75) is 19.9 Å². The summed E-state index contributed by atoms with van der Waals surface area (Å²) in [6.45, 7) is 3.23. The van der Waals surface area contributed by atoms with Crippen LogP contribution in [0.5, 0.6) is 0 Å². The molecule has 1 aliphatic rings. The van der Waals surface area contributed by atoms with Gasteiger partial charge in [-0.15, -0.1) is 0 Å². The topological polar surface area (TPSA) is 103 Å². The maximum absolute atomic E-state index is 12.6. The summed E-state index contributed by atoms with van der Waals surface area (Å²) in [5.41, 5.74) is 0.873. The Morgan fingerprint density at radius 1 is 1.20 bits per heavy atom. The summed E-state index contributed by atoms with van der Waals surface area (Å²) >= 11 is 0.714. The molecule has 0 N–H and O–H groups in total. The minimum atomic E-state index is -1.03. The number of carbonyl (C=O) groups excluding carboxylic acids is 4. The maximum atomic E-state index is 12.6. The average molecular weight is 429 g/mol. The Kier molecular flexibility index (Phi) is 6.41. The minimum absolute atomic E-state index is 0.123. The SMILES string of the molecule is CCOC(=O)[C@H](C)N1C(=O)S/C(=C/c2ccc(-c3ccccc3C(=O)OC)o2)C1=O. The van der Waals surface area contributed by atoms with Crippen LogP contribution in [0.1, 0.15) is 30.0 Å². The first kappa shape index (κ1) is 21.4. The summed E-state index contributed by atoms with van der Waals surface area (Å²) in [6.07, 6.45) is 1.42. The number of hydrogen-bond acceptors (Lipinski definition) is 8. The molecule has 1 aromatic heterocycles. The highest BCUT2D eigenvalue weighted by atomic mass is 32.2. The van der Waals surface area contributed by atoms with E-state index in [4.69, 9.17) is 13.9 Å². The molecule has 8 nitrogen and oxygen atoms in total. The number of methoxy groups -OCH3 is 1. The van der Waals surface area contributed by atoms with Crippen LogP contribution in [0.4, 0.5) is 4.79 Å². The number of amides is 2. The number of imide groups is 1. The van der Waals surface area contributed by atoms with Crippen LogP contribution in [0.3, 0.4) is 0 Å². The van der Waals surface area contributed by atoms with Crippen LogP contribution < -0.4 is 0 Å². The van der Waals surface area contributed by atoms with Crippen LogP contribution in [0.25, 0.3) is 17.4 Å². The number of benzene rings is 1. The quantitative estimate of drug-likeness (QED) is 0.506. The summed E-state index contributed by atoms with van der Waals surface area (Å²) < 4.78 is 15.4. The highest BCUT2D eigenvalue weighted by molar-refractivity contribution is 8.18. The van der Waals surface area contributed by atoms with E-state index in [1.807, 2.05) is 0 Å². The van der Waals surface area contributed by atoms with Crippen molar-refractivity contribution in [2.24, 2.45) is 0 Å². The number of rotatable bonds is 6. The van der Waals surface area contributed by atoms with Crippen LogP contribution in [0, 0.1) is 0 Å². The van der Waals surface area contributed by atoms with Crippen molar-refractivity contribution in [1.29, 1.82) is 0 Å². The maximum Gasteiger partial charge on any atom is 0.338 e. The molecule has 0 spiro atoms. The second-order valence-corrected chi connectivity index (χ2v) is 7.21. The molecule has 0 unspecified atom stereocenters. The molecule has 0 aliphatic carbocycles. The van der Waals surface area contributed by atoms with Crippen molar-refractivity contribution in [3.8, 4) is 11.3 Å². The first-order chi connectivity index (χ1) is 14.4. The minimum Gasteiger partial charge on any atom is -0.465 e. The lowest BCUT2D eigenvalue weighted by molar-refractivity contribution is -0.150. The van der Waals surface area contributed by atoms with Gasteiger partial charge in [0.25, 0.3) is 11.1 Å². The summed E-state index contributed by atoms with van der Waals surface area (Å²) in [5, 5.41) is -0.561. The Balaban J connectivity index is 1.86. The molecule has 0 saturated carbocycles. The first-order valence-electron chi connectivity index (χ1n) is 9.08. The zero-order valence-corrected chi connectivity index (χ0v) is 17.4. The molecular weight excluding hydrogens is 410 g/mol. The zero-order valence-electron chi connectivity index (χ0n) is 16.5. The van der Waals surface area contributed by atoms with Gasteiger partial charge in [0.2, 0.25) is 0 Å². The molecule has 1 aliphatic heterocycles. The van der Waals surface area contributed by atoms with Gasteiger partial charge in [0, 0.05) is 11.6 Å². The zero-order chi connectivity index (χ0) is 21.8. The van der Waals surface area contributed by atoms with E-state index in [1.54, 1.807) is 43.3 Å². The van der Waals surface area contributed by atoms with Gasteiger partial charge in [0.05, 0.1) is 24.2 Å². The van der Waals surface area contributed by atoms with Crippen LogP contribution in [-0.2, 0) is 19.1 Å². The molecule has 0 bridgehead atoms. The Labute approximate surface area is 176 Å². The van der Waals surface area contributed by atoms with Crippen LogP contribution in [0.2, 0.25) is 0 Å². The van der Waals surface area contributed by atoms with E-state index in [0.717, 1.165) is 4.90 Å². The number of thioether (sulfide) groups is 1. The Morgan fingerprint density at radius 2 is 1.93 bits per heavy atom. The summed E-state index contributed by atoms with van der Waals surface area (Å²) in [6, 6.07) is 9.04. The second kappa shape index (κ2) is 9.00. The van der Waals surface area contributed by atoms with E-state index in [9.17, 15) is 19.2 Å². The molecule has 30 heavy (non-hydrogen) atoms. The van der Waals surface area contributed by atoms with E-state index in [2.05, 4.69) is 0 Å². The van der Waals surface area contributed by atoms with Gasteiger partial charge in [0.15, 0.2) is 0 Å². The fourth-order valence-corrected chi connectivity index (χ4v) is 3.76. The molecule has 9 heteroatoms. The van der Waals surface area contributed by atoms with E-state index in [1.165, 1.54) is 20.1 Å². The normalized spacial score (nSPS) is 16.1. The fraction of sp³-hybridized carbons (Fsp3) is 0.238. The molecule has 1 fully saturated rings. The Bertz CT molecular complexity index is 1040. The fourth-order valence-electron chi connectivity index (χ4n) is 2.87. The Morgan fingerprint density at radius 3 is 2.63 bits per heavy atom. The lowest BCUT2D eigenvalue weighted by Gasteiger charge is -2.19. The van der Waals surface area contributed by atoms with Crippen LogP contribution in [0.15, 0.2) is 45.7 Å². The molecular formula is C21H19NO7S. The third-order valence-electron chi connectivity index (χ3n) is 4.34. The molecule has 3 rings (SSSR count). The highest BCUT2D eigenvalue weighted by Crippen LogP contribution is 2.35.